The smallest absolute Gasteiger partial charge is 0.140 e. The van der Waals surface area contributed by atoms with Crippen LogP contribution in [-0.4, -0.2) is 11.5 Å². The van der Waals surface area contributed by atoms with Crippen molar-refractivity contribution in [3.05, 3.63) is 21.8 Å². The summed E-state index contributed by atoms with van der Waals surface area (Å²) in [6.07, 6.45) is 1.63. The molecule has 1 rings (SSSR count). The number of rotatable bonds is 3. The summed E-state index contributed by atoms with van der Waals surface area (Å²) in [7, 11) is 0. The molecule has 0 aliphatic rings. The normalized spacial score (nSPS) is 10.5. The number of nitrogens with one attached hydrogen (secondary N) is 1. The molecular formula is C9H12BrClN2. The SMILES string of the molecule is CC(C)CNc1ncc(Cl)cc1Br. The topological polar surface area (TPSA) is 24.9 Å². The summed E-state index contributed by atoms with van der Waals surface area (Å²) < 4.78 is 0.903. The zero-order chi connectivity index (χ0) is 9.84. The molecule has 0 aromatic carbocycles. The molecule has 0 radical (unpaired) electrons. The Hall–Kier alpha value is -0.280. The van der Waals surface area contributed by atoms with Crippen molar-refractivity contribution in [2.24, 2.45) is 5.92 Å². The second-order valence-electron chi connectivity index (χ2n) is 3.26. The molecular weight excluding hydrogens is 251 g/mol. The lowest BCUT2D eigenvalue weighted by Gasteiger charge is -2.09. The van der Waals surface area contributed by atoms with E-state index in [4.69, 9.17) is 11.6 Å². The Balaban J connectivity index is 2.67. The highest BCUT2D eigenvalue weighted by Gasteiger charge is 2.02. The van der Waals surface area contributed by atoms with Crippen LogP contribution in [0.2, 0.25) is 5.02 Å². The third kappa shape index (κ3) is 3.53. The van der Waals surface area contributed by atoms with Crippen LogP contribution < -0.4 is 5.32 Å². The number of aromatic nitrogens is 1. The first-order chi connectivity index (χ1) is 6.09. The number of anilines is 1. The van der Waals surface area contributed by atoms with Crippen molar-refractivity contribution in [1.29, 1.82) is 0 Å². The molecule has 1 aromatic heterocycles. The van der Waals surface area contributed by atoms with Crippen LogP contribution in [0.3, 0.4) is 0 Å². The van der Waals surface area contributed by atoms with Gasteiger partial charge in [0.05, 0.1) is 9.50 Å². The van der Waals surface area contributed by atoms with E-state index in [0.717, 1.165) is 16.8 Å². The van der Waals surface area contributed by atoms with Gasteiger partial charge in [0.2, 0.25) is 0 Å². The molecule has 0 spiro atoms. The van der Waals surface area contributed by atoms with Gasteiger partial charge >= 0.3 is 0 Å². The lowest BCUT2D eigenvalue weighted by molar-refractivity contribution is 0.687. The van der Waals surface area contributed by atoms with Crippen molar-refractivity contribution >= 4 is 33.3 Å². The van der Waals surface area contributed by atoms with Crippen molar-refractivity contribution in [3.63, 3.8) is 0 Å². The minimum absolute atomic E-state index is 0.601. The maximum Gasteiger partial charge on any atom is 0.140 e. The van der Waals surface area contributed by atoms with Gasteiger partial charge in [0.15, 0.2) is 0 Å². The monoisotopic (exact) mass is 262 g/mol. The maximum absolute atomic E-state index is 5.76. The van der Waals surface area contributed by atoms with Crippen molar-refractivity contribution in [2.45, 2.75) is 13.8 Å². The molecule has 2 nitrogen and oxygen atoms in total. The standard InChI is InChI=1S/C9H12BrClN2/c1-6(2)4-12-9-8(10)3-7(11)5-13-9/h3,5-6H,4H2,1-2H3,(H,12,13). The van der Waals surface area contributed by atoms with Crippen LogP contribution in [0, 0.1) is 5.92 Å². The Morgan fingerprint density at radius 3 is 2.85 bits per heavy atom. The van der Waals surface area contributed by atoms with Crippen LogP contribution in [-0.2, 0) is 0 Å². The highest BCUT2D eigenvalue weighted by atomic mass is 79.9. The molecule has 0 unspecified atom stereocenters. The Kier molecular flexibility index (Phi) is 4.00. The number of halogens is 2. The Morgan fingerprint density at radius 2 is 2.31 bits per heavy atom. The molecule has 4 heteroatoms. The molecule has 0 saturated carbocycles. The predicted octanol–water partition coefficient (Wildman–Crippen LogP) is 3.57. The van der Waals surface area contributed by atoms with Crippen LogP contribution in [0.25, 0.3) is 0 Å². The van der Waals surface area contributed by atoms with E-state index in [2.05, 4.69) is 40.1 Å². The molecule has 72 valence electrons. The Bertz CT molecular complexity index is 289. The van der Waals surface area contributed by atoms with Crippen LogP contribution in [0.4, 0.5) is 5.82 Å². The summed E-state index contributed by atoms with van der Waals surface area (Å²) in [6.45, 7) is 5.21. The zero-order valence-electron chi connectivity index (χ0n) is 7.64. The van der Waals surface area contributed by atoms with Gasteiger partial charge in [-0.15, -0.1) is 0 Å². The largest absolute Gasteiger partial charge is 0.369 e. The van der Waals surface area contributed by atoms with E-state index in [-0.39, 0.29) is 0 Å². The number of hydrogen-bond donors (Lipinski definition) is 1. The molecule has 0 saturated heterocycles. The molecule has 1 N–H and O–H groups in total. The lowest BCUT2D eigenvalue weighted by atomic mass is 10.2. The van der Waals surface area contributed by atoms with Crippen LogP contribution in [0.1, 0.15) is 13.8 Å². The van der Waals surface area contributed by atoms with Crippen LogP contribution in [0.15, 0.2) is 16.7 Å². The summed E-state index contributed by atoms with van der Waals surface area (Å²) >= 11 is 9.15. The summed E-state index contributed by atoms with van der Waals surface area (Å²) in [5.74, 6) is 1.45. The Labute approximate surface area is 91.8 Å². The van der Waals surface area contributed by atoms with Gasteiger partial charge < -0.3 is 5.32 Å². The van der Waals surface area contributed by atoms with Gasteiger partial charge in [0.25, 0.3) is 0 Å². The lowest BCUT2D eigenvalue weighted by Crippen LogP contribution is -2.09. The molecule has 0 aliphatic carbocycles. The molecule has 1 aromatic rings. The van der Waals surface area contributed by atoms with Crippen LogP contribution in [0.5, 0.6) is 0 Å². The molecule has 0 fully saturated rings. The van der Waals surface area contributed by atoms with E-state index < -0.39 is 0 Å². The fourth-order valence-electron chi connectivity index (χ4n) is 0.845. The van der Waals surface area contributed by atoms with Crippen molar-refractivity contribution in [3.8, 4) is 0 Å². The van der Waals surface area contributed by atoms with E-state index in [1.807, 2.05) is 6.07 Å². The second kappa shape index (κ2) is 4.82. The highest BCUT2D eigenvalue weighted by Crippen LogP contribution is 2.23. The average Bonchev–Trinajstić information content (AvgIpc) is 2.02. The summed E-state index contributed by atoms with van der Waals surface area (Å²) in [6, 6.07) is 1.83. The van der Waals surface area contributed by atoms with E-state index >= 15 is 0 Å². The Morgan fingerprint density at radius 1 is 1.62 bits per heavy atom. The van der Waals surface area contributed by atoms with Gasteiger partial charge in [-0.1, -0.05) is 25.4 Å². The fourth-order valence-corrected chi connectivity index (χ4v) is 1.62. The summed E-state index contributed by atoms with van der Waals surface area (Å²) in [5, 5.41) is 3.86. The number of pyridine rings is 1. The van der Waals surface area contributed by atoms with E-state index in [0.29, 0.717) is 10.9 Å². The van der Waals surface area contributed by atoms with Gasteiger partial charge in [0, 0.05) is 12.7 Å². The third-order valence-electron chi connectivity index (χ3n) is 1.49. The molecule has 0 amide bonds. The first-order valence-corrected chi connectivity index (χ1v) is 5.31. The number of nitrogens with zero attached hydrogens (tertiary/aromatic N) is 1. The predicted molar refractivity (Wildman–Crippen MR) is 60.3 cm³/mol. The van der Waals surface area contributed by atoms with Crippen molar-refractivity contribution in [1.82, 2.24) is 4.98 Å². The molecule has 0 aliphatic heterocycles. The first-order valence-electron chi connectivity index (χ1n) is 4.14. The van der Waals surface area contributed by atoms with E-state index in [1.165, 1.54) is 0 Å². The van der Waals surface area contributed by atoms with Gasteiger partial charge in [-0.3, -0.25) is 0 Å². The molecule has 0 atom stereocenters. The summed E-state index contributed by atoms with van der Waals surface area (Å²) in [5.41, 5.74) is 0. The molecule has 1 heterocycles. The van der Waals surface area contributed by atoms with E-state index in [9.17, 15) is 0 Å². The van der Waals surface area contributed by atoms with Crippen LogP contribution >= 0.6 is 27.5 Å². The third-order valence-corrected chi connectivity index (χ3v) is 2.30. The molecule has 0 bridgehead atoms. The maximum atomic E-state index is 5.76. The highest BCUT2D eigenvalue weighted by molar-refractivity contribution is 9.10. The number of hydrogen-bond acceptors (Lipinski definition) is 2. The van der Waals surface area contributed by atoms with Gasteiger partial charge in [-0.2, -0.15) is 0 Å². The van der Waals surface area contributed by atoms with Crippen molar-refractivity contribution in [2.75, 3.05) is 11.9 Å². The molecule has 13 heavy (non-hydrogen) atoms. The fraction of sp³-hybridized carbons (Fsp3) is 0.444. The zero-order valence-corrected chi connectivity index (χ0v) is 9.98. The minimum atomic E-state index is 0.601. The van der Waals surface area contributed by atoms with Gasteiger partial charge in [0.1, 0.15) is 5.82 Å². The second-order valence-corrected chi connectivity index (χ2v) is 4.55. The van der Waals surface area contributed by atoms with Crippen molar-refractivity contribution < 1.29 is 0 Å². The summed E-state index contributed by atoms with van der Waals surface area (Å²) in [4.78, 5) is 4.16. The first kappa shape index (κ1) is 10.8. The van der Waals surface area contributed by atoms with E-state index in [1.54, 1.807) is 6.20 Å². The van der Waals surface area contributed by atoms with Gasteiger partial charge in [-0.05, 0) is 27.9 Å². The van der Waals surface area contributed by atoms with Gasteiger partial charge in [-0.25, -0.2) is 4.98 Å². The quantitative estimate of drug-likeness (QED) is 0.902. The average molecular weight is 264 g/mol. The minimum Gasteiger partial charge on any atom is -0.369 e.